The summed E-state index contributed by atoms with van der Waals surface area (Å²) in [6, 6.07) is 3.99. The second-order valence-electron chi connectivity index (χ2n) is 3.71. The monoisotopic (exact) mass is 234 g/mol. The lowest BCUT2D eigenvalue weighted by molar-refractivity contribution is -0.0358. The van der Waals surface area contributed by atoms with Gasteiger partial charge >= 0.3 is 0 Å². The highest BCUT2D eigenvalue weighted by molar-refractivity contribution is 7.10. The van der Waals surface area contributed by atoms with Crippen LogP contribution in [0.25, 0.3) is 0 Å². The Hall–Kier alpha value is -1.08. The van der Waals surface area contributed by atoms with Crippen LogP contribution in [-0.4, -0.2) is 23.9 Å². The molecule has 2 nitrogen and oxygen atoms in total. The van der Waals surface area contributed by atoms with E-state index >= 15 is 0 Å². The molecule has 0 aliphatic carbocycles. The van der Waals surface area contributed by atoms with Crippen LogP contribution in [0.15, 0.2) is 29.7 Å². The molecule has 0 spiro atoms. The minimum absolute atomic E-state index is 0.112. The predicted octanol–water partition coefficient (Wildman–Crippen LogP) is 2.20. The highest BCUT2D eigenvalue weighted by atomic mass is 32.1. The average molecular weight is 234 g/mol. The summed E-state index contributed by atoms with van der Waals surface area (Å²) < 4.78 is 5.43. The number of aliphatic hydroxyl groups excluding tert-OH is 1. The van der Waals surface area contributed by atoms with E-state index in [1.165, 1.54) is 0 Å². The second kappa shape index (κ2) is 5.86. The Labute approximate surface area is 99.6 Å². The molecule has 0 radical (unpaired) electrons. The maximum absolute atomic E-state index is 9.25. The molecule has 0 bridgehead atoms. The van der Waals surface area contributed by atoms with Gasteiger partial charge in [-0.25, -0.2) is 0 Å². The van der Waals surface area contributed by atoms with Crippen molar-refractivity contribution in [3.63, 3.8) is 0 Å². The van der Waals surface area contributed by atoms with Gasteiger partial charge < -0.3 is 9.84 Å². The number of thiophene rings is 1. The summed E-state index contributed by atoms with van der Waals surface area (Å²) in [5, 5.41) is 11.3. The normalized spacial score (nSPS) is 25.3. The summed E-state index contributed by atoms with van der Waals surface area (Å²) in [7, 11) is 0. The van der Waals surface area contributed by atoms with E-state index in [-0.39, 0.29) is 12.2 Å². The highest BCUT2D eigenvalue weighted by Crippen LogP contribution is 2.14. The zero-order valence-corrected chi connectivity index (χ0v) is 9.74. The van der Waals surface area contributed by atoms with Crippen molar-refractivity contribution in [1.82, 2.24) is 0 Å². The summed E-state index contributed by atoms with van der Waals surface area (Å²) in [6.45, 7) is 0.438. The first-order valence-corrected chi connectivity index (χ1v) is 6.24. The maximum Gasteiger partial charge on any atom is 0.0775 e. The van der Waals surface area contributed by atoms with Gasteiger partial charge in [-0.3, -0.25) is 0 Å². The van der Waals surface area contributed by atoms with E-state index in [9.17, 15) is 5.11 Å². The van der Waals surface area contributed by atoms with Crippen molar-refractivity contribution in [1.29, 1.82) is 0 Å². The maximum atomic E-state index is 9.25. The van der Waals surface area contributed by atoms with Gasteiger partial charge in [0, 0.05) is 0 Å². The van der Waals surface area contributed by atoms with Gasteiger partial charge in [0.2, 0.25) is 0 Å². The van der Waals surface area contributed by atoms with Crippen LogP contribution in [-0.2, 0) is 4.74 Å². The van der Waals surface area contributed by atoms with Crippen LogP contribution in [0.4, 0.5) is 0 Å². The number of rotatable bonds is 1. The number of aliphatic hydroxyl groups is 1. The van der Waals surface area contributed by atoms with Crippen LogP contribution in [0, 0.1) is 11.8 Å². The quantitative estimate of drug-likeness (QED) is 0.755. The van der Waals surface area contributed by atoms with E-state index in [2.05, 4.69) is 11.8 Å². The number of ether oxygens (including phenoxy) is 1. The lowest BCUT2D eigenvalue weighted by atomic mass is 10.1. The Balaban J connectivity index is 1.81. The first-order chi connectivity index (χ1) is 7.84. The van der Waals surface area contributed by atoms with Crippen LogP contribution < -0.4 is 0 Å². The fourth-order valence-corrected chi connectivity index (χ4v) is 2.11. The molecule has 1 unspecified atom stereocenters. The SMILES string of the molecule is O[C@@H]1CCC(/C=C/C#Cc2cccs2)OC1. The fourth-order valence-electron chi connectivity index (χ4n) is 1.53. The minimum Gasteiger partial charge on any atom is -0.391 e. The molecule has 3 heteroatoms. The molecule has 1 aliphatic heterocycles. The van der Waals surface area contributed by atoms with Gasteiger partial charge in [-0.2, -0.15) is 0 Å². The molecule has 2 heterocycles. The molecule has 1 saturated heterocycles. The van der Waals surface area contributed by atoms with Crippen LogP contribution in [0.2, 0.25) is 0 Å². The van der Waals surface area contributed by atoms with Gasteiger partial charge in [0.1, 0.15) is 0 Å². The van der Waals surface area contributed by atoms with Gasteiger partial charge in [0.25, 0.3) is 0 Å². The Morgan fingerprint density at radius 2 is 2.44 bits per heavy atom. The van der Waals surface area contributed by atoms with Gasteiger partial charge in [-0.05, 0) is 36.4 Å². The Morgan fingerprint density at radius 1 is 1.50 bits per heavy atom. The topological polar surface area (TPSA) is 29.5 Å². The van der Waals surface area contributed by atoms with E-state index in [1.54, 1.807) is 11.3 Å². The number of hydrogen-bond donors (Lipinski definition) is 1. The first-order valence-electron chi connectivity index (χ1n) is 5.36. The van der Waals surface area contributed by atoms with Crippen molar-refractivity contribution in [2.45, 2.75) is 25.0 Å². The molecule has 2 atom stereocenters. The third-order valence-corrected chi connectivity index (χ3v) is 3.18. The Morgan fingerprint density at radius 3 is 3.12 bits per heavy atom. The van der Waals surface area contributed by atoms with E-state index in [1.807, 2.05) is 29.7 Å². The van der Waals surface area contributed by atoms with Crippen molar-refractivity contribution in [3.05, 3.63) is 34.5 Å². The number of allylic oxidation sites excluding steroid dienone is 1. The van der Waals surface area contributed by atoms with Gasteiger partial charge in [-0.1, -0.05) is 17.9 Å². The van der Waals surface area contributed by atoms with Gasteiger partial charge in [-0.15, -0.1) is 11.3 Å². The summed E-state index contributed by atoms with van der Waals surface area (Å²) in [4.78, 5) is 1.07. The molecule has 1 aromatic heterocycles. The van der Waals surface area contributed by atoms with Crippen LogP contribution in [0.1, 0.15) is 17.7 Å². The summed E-state index contributed by atoms with van der Waals surface area (Å²) in [5.41, 5.74) is 0. The lowest BCUT2D eigenvalue weighted by Crippen LogP contribution is -2.27. The molecule has 0 amide bonds. The molecule has 1 aliphatic rings. The fraction of sp³-hybridized carbons (Fsp3) is 0.385. The predicted molar refractivity (Wildman–Crippen MR) is 65.3 cm³/mol. The van der Waals surface area contributed by atoms with E-state index < -0.39 is 0 Å². The molecular weight excluding hydrogens is 220 g/mol. The van der Waals surface area contributed by atoms with Gasteiger partial charge in [0.15, 0.2) is 0 Å². The van der Waals surface area contributed by atoms with Gasteiger partial charge in [0.05, 0.1) is 23.7 Å². The molecule has 0 saturated carbocycles. The lowest BCUT2D eigenvalue weighted by Gasteiger charge is -2.23. The average Bonchev–Trinajstić information content (AvgIpc) is 2.80. The van der Waals surface area contributed by atoms with Crippen molar-refractivity contribution < 1.29 is 9.84 Å². The molecule has 2 rings (SSSR count). The van der Waals surface area contributed by atoms with Crippen molar-refractivity contribution in [3.8, 4) is 11.8 Å². The zero-order chi connectivity index (χ0) is 11.2. The first kappa shape index (κ1) is 11.4. The minimum atomic E-state index is -0.290. The Kier molecular flexibility index (Phi) is 4.17. The highest BCUT2D eigenvalue weighted by Gasteiger charge is 2.16. The molecular formula is C13H14O2S. The smallest absolute Gasteiger partial charge is 0.0775 e. The second-order valence-corrected chi connectivity index (χ2v) is 4.66. The van der Waals surface area contributed by atoms with Crippen LogP contribution in [0.3, 0.4) is 0 Å². The Bertz CT molecular complexity index is 389. The number of hydrogen-bond acceptors (Lipinski definition) is 3. The van der Waals surface area contributed by atoms with Crippen molar-refractivity contribution in [2.75, 3.05) is 6.61 Å². The third kappa shape index (κ3) is 3.49. The van der Waals surface area contributed by atoms with Crippen molar-refractivity contribution >= 4 is 11.3 Å². The van der Waals surface area contributed by atoms with Crippen LogP contribution >= 0.6 is 11.3 Å². The molecule has 84 valence electrons. The van der Waals surface area contributed by atoms with E-state index in [0.717, 1.165) is 17.7 Å². The molecule has 16 heavy (non-hydrogen) atoms. The summed E-state index contributed by atoms with van der Waals surface area (Å²) >= 11 is 1.64. The standard InChI is InChI=1S/C13H14O2S/c14-11-7-8-12(15-10-11)4-1-2-5-13-6-3-9-16-13/h1,3-4,6,9,11-12,14H,7-8,10H2/b4-1+/t11-,12?/m1/s1. The van der Waals surface area contributed by atoms with Crippen LogP contribution in [0.5, 0.6) is 0 Å². The third-order valence-electron chi connectivity index (χ3n) is 2.40. The van der Waals surface area contributed by atoms with E-state index in [4.69, 9.17) is 4.74 Å². The largest absolute Gasteiger partial charge is 0.391 e. The molecule has 1 fully saturated rings. The zero-order valence-electron chi connectivity index (χ0n) is 8.93. The van der Waals surface area contributed by atoms with E-state index in [0.29, 0.717) is 6.61 Å². The van der Waals surface area contributed by atoms with Crippen molar-refractivity contribution in [2.24, 2.45) is 0 Å². The summed E-state index contributed by atoms with van der Waals surface area (Å²) in [6.07, 6.45) is 5.31. The summed E-state index contributed by atoms with van der Waals surface area (Å²) in [5.74, 6) is 6.03. The molecule has 0 aromatic carbocycles. The molecule has 1 aromatic rings. The molecule has 1 N–H and O–H groups in total.